The molecule has 0 spiro atoms. The van der Waals surface area contributed by atoms with Crippen LogP contribution < -0.4 is 5.50 Å². The van der Waals surface area contributed by atoms with Gasteiger partial charge in [-0.25, -0.2) is 10.1 Å². The van der Waals surface area contributed by atoms with E-state index in [2.05, 4.69) is 5.50 Å². The minimum atomic E-state index is -4.14. The van der Waals surface area contributed by atoms with Gasteiger partial charge in [0.25, 0.3) is 0 Å². The van der Waals surface area contributed by atoms with Crippen molar-refractivity contribution in [3.8, 4) is 0 Å². The quantitative estimate of drug-likeness (QED) is 0.400. The molecular formula is C3H13NO6P2. The van der Waals surface area contributed by atoms with Crippen molar-refractivity contribution in [1.82, 2.24) is 0 Å². The van der Waals surface area contributed by atoms with Gasteiger partial charge in [0.15, 0.2) is 0 Å². The van der Waals surface area contributed by atoms with Gasteiger partial charge in [-0.3, -0.25) is 4.57 Å². The molecule has 0 rings (SSSR count). The zero-order chi connectivity index (χ0) is 10.4. The first kappa shape index (κ1) is 14.8. The van der Waals surface area contributed by atoms with E-state index in [4.69, 9.17) is 24.1 Å². The van der Waals surface area contributed by atoms with E-state index in [9.17, 15) is 4.57 Å². The van der Waals surface area contributed by atoms with Crippen molar-refractivity contribution in [2.24, 2.45) is 5.50 Å². The largest absolute Gasteiger partial charge is 0.397 e. The Morgan fingerprint density at radius 3 is 1.42 bits per heavy atom. The van der Waals surface area contributed by atoms with E-state index < -0.39 is 15.3 Å². The van der Waals surface area contributed by atoms with E-state index in [1.54, 1.807) is 6.92 Å². The molecule has 0 bridgehead atoms. The van der Waals surface area contributed by atoms with Gasteiger partial charge < -0.3 is 19.6 Å². The molecule has 0 fully saturated rings. The van der Waals surface area contributed by atoms with Crippen molar-refractivity contribution in [2.75, 3.05) is 6.16 Å². The normalized spacial score (nSPS) is 11.8. The molecule has 0 aliphatic heterocycles. The third-order valence-corrected chi connectivity index (χ3v) is 1.54. The summed E-state index contributed by atoms with van der Waals surface area (Å²) in [6, 6.07) is 0. The molecule has 0 aliphatic rings. The number of nitrogens with two attached hydrogens (primary N) is 1. The van der Waals surface area contributed by atoms with E-state index >= 15 is 0 Å². The standard InChI is InChI=1S/C3H9O3P.H4NO3P/c1-2-3-7(4,5)6;1-5(2,3)4/h2-3H2,1H3,(H2,4,5,6);(H4,1,2,3,4). The van der Waals surface area contributed by atoms with Crippen molar-refractivity contribution in [3.63, 3.8) is 0 Å². The van der Waals surface area contributed by atoms with Crippen molar-refractivity contribution < 1.29 is 28.7 Å². The van der Waals surface area contributed by atoms with Crippen LogP contribution in [0.15, 0.2) is 0 Å². The van der Waals surface area contributed by atoms with Crippen LogP contribution in [-0.2, 0) is 9.13 Å². The van der Waals surface area contributed by atoms with Crippen LogP contribution in [0.4, 0.5) is 0 Å². The first-order valence-corrected chi connectivity index (χ1v) is 6.43. The highest BCUT2D eigenvalue weighted by Gasteiger charge is 2.08. The van der Waals surface area contributed by atoms with Gasteiger partial charge >= 0.3 is 15.3 Å². The molecule has 0 aromatic rings. The van der Waals surface area contributed by atoms with Gasteiger partial charge in [0.2, 0.25) is 0 Å². The molecule has 0 saturated heterocycles. The summed E-state index contributed by atoms with van der Waals surface area (Å²) in [4.78, 5) is 31.1. The average Bonchev–Trinajstić information content (AvgIpc) is 1.54. The molecule has 0 aromatic carbocycles. The maximum Gasteiger partial charge on any atom is 0.397 e. The smallest absolute Gasteiger partial charge is 0.324 e. The van der Waals surface area contributed by atoms with Crippen LogP contribution >= 0.6 is 15.3 Å². The highest BCUT2D eigenvalue weighted by Crippen LogP contribution is 2.34. The molecule has 0 saturated carbocycles. The first-order chi connectivity index (χ1) is 5.06. The Morgan fingerprint density at radius 1 is 1.17 bits per heavy atom. The van der Waals surface area contributed by atoms with Gasteiger partial charge in [0.05, 0.1) is 0 Å². The van der Waals surface area contributed by atoms with E-state index in [0.29, 0.717) is 6.42 Å². The van der Waals surface area contributed by atoms with Gasteiger partial charge in [-0.05, 0) is 6.42 Å². The van der Waals surface area contributed by atoms with E-state index in [1.165, 1.54) is 0 Å². The number of hydrogen-bond donors (Lipinski definition) is 5. The predicted octanol–water partition coefficient (Wildman–Crippen LogP) is -0.388. The molecule has 0 heterocycles. The number of rotatable bonds is 2. The second-order valence-corrected chi connectivity index (χ2v) is 4.93. The summed E-state index contributed by atoms with van der Waals surface area (Å²) in [6.45, 7) is 1.74. The predicted molar refractivity (Wildman–Crippen MR) is 43.4 cm³/mol. The molecule has 0 aromatic heterocycles. The Labute approximate surface area is 70.0 Å². The molecule has 0 amide bonds. The summed E-state index contributed by atoms with van der Waals surface area (Å²) in [6.07, 6.45) is 0.553. The summed E-state index contributed by atoms with van der Waals surface area (Å²) in [5, 5.41) is 0. The SMILES string of the molecule is CCCP(=O)(O)O.NP(=O)(O)O. The van der Waals surface area contributed by atoms with E-state index in [1.807, 2.05) is 0 Å². The van der Waals surface area contributed by atoms with Crippen LogP contribution in [0.3, 0.4) is 0 Å². The fourth-order valence-electron chi connectivity index (χ4n) is 0.291. The lowest BCUT2D eigenvalue weighted by Gasteiger charge is -1.96. The lowest BCUT2D eigenvalue weighted by atomic mass is 10.6. The van der Waals surface area contributed by atoms with E-state index in [-0.39, 0.29) is 6.16 Å². The van der Waals surface area contributed by atoms with Crippen LogP contribution in [0.5, 0.6) is 0 Å². The second-order valence-electron chi connectivity index (χ2n) is 1.98. The Kier molecular flexibility index (Phi) is 7.17. The van der Waals surface area contributed by atoms with Crippen molar-refractivity contribution in [1.29, 1.82) is 0 Å². The van der Waals surface area contributed by atoms with Gasteiger partial charge in [-0.15, -0.1) is 0 Å². The minimum Gasteiger partial charge on any atom is -0.324 e. The molecule has 6 N–H and O–H groups in total. The van der Waals surface area contributed by atoms with Gasteiger partial charge in [0, 0.05) is 6.16 Å². The Hall–Kier alpha value is 0.260. The van der Waals surface area contributed by atoms with E-state index in [0.717, 1.165) is 0 Å². The van der Waals surface area contributed by atoms with Crippen LogP contribution in [0.1, 0.15) is 13.3 Å². The van der Waals surface area contributed by atoms with Crippen LogP contribution in [0.25, 0.3) is 0 Å². The fraction of sp³-hybridized carbons (Fsp3) is 1.00. The zero-order valence-corrected chi connectivity index (χ0v) is 8.28. The van der Waals surface area contributed by atoms with Crippen molar-refractivity contribution in [2.45, 2.75) is 13.3 Å². The second kappa shape index (κ2) is 5.83. The summed E-state index contributed by atoms with van der Waals surface area (Å²) in [5.74, 6) is 0. The topological polar surface area (TPSA) is 141 Å². The summed E-state index contributed by atoms with van der Waals surface area (Å²) in [7, 11) is -7.80. The monoisotopic (exact) mass is 221 g/mol. The number of hydrogen-bond acceptors (Lipinski definition) is 2. The maximum atomic E-state index is 9.93. The third-order valence-electron chi connectivity index (χ3n) is 0.515. The summed E-state index contributed by atoms with van der Waals surface area (Å²) < 4.78 is 19.0. The summed E-state index contributed by atoms with van der Waals surface area (Å²) in [5.41, 5.74) is 4.02. The zero-order valence-electron chi connectivity index (χ0n) is 6.49. The van der Waals surface area contributed by atoms with Crippen molar-refractivity contribution in [3.05, 3.63) is 0 Å². The minimum absolute atomic E-state index is 0.00694. The molecule has 12 heavy (non-hydrogen) atoms. The molecule has 76 valence electrons. The molecule has 0 unspecified atom stereocenters. The first-order valence-electron chi connectivity index (χ1n) is 2.95. The van der Waals surface area contributed by atoms with Gasteiger partial charge in [0.1, 0.15) is 0 Å². The van der Waals surface area contributed by atoms with Crippen molar-refractivity contribution >= 4 is 15.3 Å². The Morgan fingerprint density at radius 2 is 1.42 bits per heavy atom. The lowest BCUT2D eigenvalue weighted by Crippen LogP contribution is -1.87. The molecule has 9 heteroatoms. The Balaban J connectivity index is 0. The average molecular weight is 221 g/mol. The highest BCUT2D eigenvalue weighted by molar-refractivity contribution is 7.51. The Bertz CT molecular complexity index is 185. The lowest BCUT2D eigenvalue weighted by molar-refractivity contribution is 0.371. The molecule has 0 aliphatic carbocycles. The van der Waals surface area contributed by atoms with Gasteiger partial charge in [-0.2, -0.15) is 0 Å². The molecular weight excluding hydrogens is 208 g/mol. The molecule has 7 nitrogen and oxygen atoms in total. The maximum absolute atomic E-state index is 9.93. The molecule has 0 radical (unpaired) electrons. The fourth-order valence-corrected chi connectivity index (χ4v) is 0.874. The molecule has 0 atom stereocenters. The van der Waals surface area contributed by atoms with Crippen LogP contribution in [-0.4, -0.2) is 25.7 Å². The third kappa shape index (κ3) is 48.5. The highest BCUT2D eigenvalue weighted by atomic mass is 31.2. The van der Waals surface area contributed by atoms with Crippen LogP contribution in [0, 0.1) is 0 Å². The summed E-state index contributed by atoms with van der Waals surface area (Å²) >= 11 is 0. The van der Waals surface area contributed by atoms with Crippen LogP contribution in [0.2, 0.25) is 0 Å². The van der Waals surface area contributed by atoms with Gasteiger partial charge in [-0.1, -0.05) is 6.92 Å².